The largest absolute Gasteiger partial charge is 0.353 e. The van der Waals surface area contributed by atoms with Crippen LogP contribution in [0.1, 0.15) is 0 Å². The predicted molar refractivity (Wildman–Crippen MR) is 73.9 cm³/mol. The summed E-state index contributed by atoms with van der Waals surface area (Å²) in [5.41, 5.74) is 0.807. The van der Waals surface area contributed by atoms with Crippen LogP contribution in [0.4, 0.5) is 5.82 Å². The molecular formula is C13H16N6. The highest BCUT2D eigenvalue weighted by atomic mass is 15.3. The molecule has 1 aliphatic heterocycles. The van der Waals surface area contributed by atoms with Crippen molar-refractivity contribution >= 4 is 16.9 Å². The fraction of sp³-hybridized carbons (Fsp3) is 0.462. The summed E-state index contributed by atoms with van der Waals surface area (Å²) in [7, 11) is 2.14. The van der Waals surface area contributed by atoms with E-state index in [0.717, 1.165) is 43.0 Å². The number of rotatable bonds is 2. The summed E-state index contributed by atoms with van der Waals surface area (Å²) < 4.78 is 1.73. The molecule has 0 amide bonds. The summed E-state index contributed by atoms with van der Waals surface area (Å²) in [5.74, 6) is 3.55. The van der Waals surface area contributed by atoms with Gasteiger partial charge >= 0.3 is 0 Å². The Morgan fingerprint density at radius 3 is 2.79 bits per heavy atom. The zero-order valence-electron chi connectivity index (χ0n) is 11.0. The number of piperazine rings is 1. The summed E-state index contributed by atoms with van der Waals surface area (Å²) >= 11 is 0. The van der Waals surface area contributed by atoms with E-state index >= 15 is 0 Å². The Kier molecular flexibility index (Phi) is 3.05. The normalized spacial score (nSPS) is 16.7. The van der Waals surface area contributed by atoms with Gasteiger partial charge in [-0.3, -0.25) is 0 Å². The van der Waals surface area contributed by atoms with Gasteiger partial charge in [0, 0.05) is 26.2 Å². The van der Waals surface area contributed by atoms with E-state index < -0.39 is 0 Å². The Hall–Kier alpha value is -2.13. The van der Waals surface area contributed by atoms with Crippen LogP contribution in [0.5, 0.6) is 0 Å². The van der Waals surface area contributed by atoms with Crippen LogP contribution in [0.25, 0.3) is 11.0 Å². The first-order valence-electron chi connectivity index (χ1n) is 6.33. The number of fused-ring (bicyclic) bond motifs is 1. The second kappa shape index (κ2) is 4.86. The van der Waals surface area contributed by atoms with Crippen molar-refractivity contribution < 1.29 is 0 Å². The van der Waals surface area contributed by atoms with Crippen molar-refractivity contribution in [1.29, 1.82) is 0 Å². The maximum absolute atomic E-state index is 5.34. The van der Waals surface area contributed by atoms with Crippen LogP contribution in [0.2, 0.25) is 0 Å². The van der Waals surface area contributed by atoms with Gasteiger partial charge in [0.05, 0.1) is 11.6 Å². The molecule has 3 heterocycles. The molecule has 0 aliphatic carbocycles. The quantitative estimate of drug-likeness (QED) is 0.719. The molecule has 6 heteroatoms. The smallest absolute Gasteiger partial charge is 0.164 e. The summed E-state index contributed by atoms with van der Waals surface area (Å²) in [6.45, 7) is 4.47. The van der Waals surface area contributed by atoms with E-state index in [2.05, 4.69) is 37.8 Å². The van der Waals surface area contributed by atoms with Gasteiger partial charge in [0.25, 0.3) is 0 Å². The van der Waals surface area contributed by atoms with Crippen molar-refractivity contribution in [1.82, 2.24) is 24.6 Å². The second-order valence-electron chi connectivity index (χ2n) is 4.73. The fourth-order valence-corrected chi connectivity index (χ4v) is 2.35. The lowest BCUT2D eigenvalue weighted by molar-refractivity contribution is 0.312. The number of aromatic nitrogens is 4. The minimum Gasteiger partial charge on any atom is -0.353 e. The molecule has 0 N–H and O–H groups in total. The Balaban J connectivity index is 1.98. The van der Waals surface area contributed by atoms with Crippen molar-refractivity contribution in [2.75, 3.05) is 38.1 Å². The predicted octanol–water partition coefficient (Wildman–Crippen LogP) is 0.211. The second-order valence-corrected chi connectivity index (χ2v) is 4.73. The van der Waals surface area contributed by atoms with Gasteiger partial charge in [0.1, 0.15) is 18.7 Å². The van der Waals surface area contributed by atoms with Gasteiger partial charge in [-0.2, -0.15) is 5.10 Å². The third-order valence-electron chi connectivity index (χ3n) is 3.46. The summed E-state index contributed by atoms with van der Waals surface area (Å²) in [6, 6.07) is 0. The summed E-state index contributed by atoms with van der Waals surface area (Å²) in [4.78, 5) is 13.3. The number of likely N-dealkylation sites (N-methyl/N-ethyl adjacent to an activating group) is 1. The molecule has 1 aliphatic rings. The highest BCUT2D eigenvalue weighted by Crippen LogP contribution is 2.23. The van der Waals surface area contributed by atoms with Crippen LogP contribution >= 0.6 is 0 Å². The Bertz CT molecular complexity index is 618. The highest BCUT2D eigenvalue weighted by Gasteiger charge is 2.19. The maximum atomic E-state index is 5.34. The Morgan fingerprint density at radius 1 is 1.26 bits per heavy atom. The molecule has 2 aromatic rings. The van der Waals surface area contributed by atoms with E-state index in [1.54, 1.807) is 17.2 Å². The van der Waals surface area contributed by atoms with Crippen molar-refractivity contribution in [3.63, 3.8) is 0 Å². The molecule has 19 heavy (non-hydrogen) atoms. The molecular weight excluding hydrogens is 240 g/mol. The molecule has 0 saturated carbocycles. The van der Waals surface area contributed by atoms with Gasteiger partial charge in [-0.25, -0.2) is 14.6 Å². The molecule has 1 fully saturated rings. The van der Waals surface area contributed by atoms with Gasteiger partial charge in [-0.15, -0.1) is 6.42 Å². The van der Waals surface area contributed by atoms with Gasteiger partial charge < -0.3 is 9.80 Å². The van der Waals surface area contributed by atoms with Gasteiger partial charge in [-0.1, -0.05) is 5.92 Å². The lowest BCUT2D eigenvalue weighted by atomic mass is 10.3. The summed E-state index contributed by atoms with van der Waals surface area (Å²) in [6.07, 6.45) is 8.73. The van der Waals surface area contributed by atoms with Crippen LogP contribution in [-0.2, 0) is 6.54 Å². The SMILES string of the molecule is C#CCn1ncc2c(N3CCN(C)CC3)ncnc21. The molecule has 0 spiro atoms. The van der Waals surface area contributed by atoms with Crippen molar-refractivity contribution in [3.05, 3.63) is 12.5 Å². The Labute approximate surface area is 112 Å². The van der Waals surface area contributed by atoms with Gasteiger partial charge in [0.2, 0.25) is 0 Å². The van der Waals surface area contributed by atoms with Crippen LogP contribution in [0.15, 0.2) is 12.5 Å². The standard InChI is InChI=1S/C13H16N6/c1-3-4-19-13-11(9-16-19)12(14-10-15-13)18-7-5-17(2)6-8-18/h1,9-10H,4-8H2,2H3. The summed E-state index contributed by atoms with van der Waals surface area (Å²) in [5, 5.41) is 5.26. The van der Waals surface area contributed by atoms with Gasteiger partial charge in [0.15, 0.2) is 5.65 Å². The first kappa shape index (κ1) is 11.9. The average Bonchev–Trinajstić information content (AvgIpc) is 2.84. The van der Waals surface area contributed by atoms with E-state index in [1.807, 2.05) is 0 Å². The number of hydrogen-bond acceptors (Lipinski definition) is 5. The van der Waals surface area contributed by atoms with E-state index in [9.17, 15) is 0 Å². The van der Waals surface area contributed by atoms with Crippen LogP contribution < -0.4 is 4.90 Å². The van der Waals surface area contributed by atoms with Crippen LogP contribution in [0, 0.1) is 12.3 Å². The molecule has 3 rings (SSSR count). The minimum absolute atomic E-state index is 0.433. The maximum Gasteiger partial charge on any atom is 0.164 e. The molecule has 0 aromatic carbocycles. The monoisotopic (exact) mass is 256 g/mol. The van der Waals surface area contributed by atoms with Crippen molar-refractivity contribution in [2.45, 2.75) is 6.54 Å². The van der Waals surface area contributed by atoms with Crippen LogP contribution in [0.3, 0.4) is 0 Å². The lowest BCUT2D eigenvalue weighted by Crippen LogP contribution is -2.44. The number of hydrogen-bond donors (Lipinski definition) is 0. The van der Waals surface area contributed by atoms with E-state index in [-0.39, 0.29) is 0 Å². The van der Waals surface area contributed by atoms with E-state index in [0.29, 0.717) is 6.54 Å². The minimum atomic E-state index is 0.433. The van der Waals surface area contributed by atoms with E-state index in [4.69, 9.17) is 6.42 Å². The highest BCUT2D eigenvalue weighted by molar-refractivity contribution is 5.86. The fourth-order valence-electron chi connectivity index (χ4n) is 2.35. The van der Waals surface area contributed by atoms with E-state index in [1.165, 1.54) is 0 Å². The lowest BCUT2D eigenvalue weighted by Gasteiger charge is -2.33. The third-order valence-corrected chi connectivity index (χ3v) is 3.46. The van der Waals surface area contributed by atoms with Crippen molar-refractivity contribution in [2.24, 2.45) is 0 Å². The average molecular weight is 256 g/mol. The molecule has 0 atom stereocenters. The topological polar surface area (TPSA) is 50.1 Å². The number of terminal acetylenes is 1. The molecule has 0 radical (unpaired) electrons. The number of nitrogens with zero attached hydrogens (tertiary/aromatic N) is 6. The molecule has 2 aromatic heterocycles. The number of anilines is 1. The first-order chi connectivity index (χ1) is 9.29. The molecule has 1 saturated heterocycles. The third kappa shape index (κ3) is 2.13. The zero-order chi connectivity index (χ0) is 13.2. The molecule has 0 bridgehead atoms. The Morgan fingerprint density at radius 2 is 2.05 bits per heavy atom. The first-order valence-corrected chi connectivity index (χ1v) is 6.33. The molecule has 6 nitrogen and oxygen atoms in total. The zero-order valence-corrected chi connectivity index (χ0v) is 11.0. The molecule has 98 valence electrons. The van der Waals surface area contributed by atoms with Crippen molar-refractivity contribution in [3.8, 4) is 12.3 Å². The molecule has 0 unspecified atom stereocenters. The van der Waals surface area contributed by atoms with Gasteiger partial charge in [-0.05, 0) is 7.05 Å². The van der Waals surface area contributed by atoms with Crippen LogP contribution in [-0.4, -0.2) is 57.9 Å².